The fourth-order valence-corrected chi connectivity index (χ4v) is 15.5. The smallest absolute Gasteiger partial charge is 0.150 e. The van der Waals surface area contributed by atoms with Gasteiger partial charge in [0.1, 0.15) is 47.1 Å². The summed E-state index contributed by atoms with van der Waals surface area (Å²) >= 11 is 38.3. The van der Waals surface area contributed by atoms with E-state index in [4.69, 9.17) is 10.2 Å². The van der Waals surface area contributed by atoms with Gasteiger partial charge in [0.2, 0.25) is 0 Å². The lowest BCUT2D eigenvalue weighted by atomic mass is 9.96. The Kier molecular flexibility index (Phi) is 69.3. The number of aromatic hydroxyl groups is 6. The third-order valence-electron chi connectivity index (χ3n) is 18.4. The molecule has 8 nitrogen and oxygen atoms in total. The second-order valence-corrected chi connectivity index (χ2v) is 39.5. The minimum absolute atomic E-state index is 0. The van der Waals surface area contributed by atoms with Crippen LogP contribution in [0.25, 0.3) is 0 Å². The van der Waals surface area contributed by atoms with E-state index < -0.39 is 0 Å². The number of rotatable bonds is 12. The summed E-state index contributed by atoms with van der Waals surface area (Å²) in [6.07, 6.45) is 1.81. The van der Waals surface area contributed by atoms with Crippen LogP contribution < -0.4 is 0 Å². The standard InChI is InChI=1S/2C11H13BrO.3C10H13BrO.2C10H13Br.2C9H11BrO.C9H12O.CH3I.3CH4.Br2/c1-7(2)10-4-8(3)11(12)5-9(10)6-13;1-7(2)10-4-8(3)9(6-13)5-11(10)12;1-6(2)8-4-7(3)10(12)5-9(8)11;2*1-6(2)8-4-7(3)9(11)5-10(8)12;1-7(2)9-4-5-10(11)8(3)6-9;1-7(2)9-6-8(3)4-5-10(9)11;1-6(2)8-5-7(11)3-4-9(8)10;1-6(2)7-3-4-8(10)9(11)5-7;1-7(2)8-4-3-5-9(10)6-8;1-2;;;;1-2/h2*4-7H,1-3H3;3*4-6,12H,1-3H3;2*4-7H,1-3H3;2*3-6,11H,1-2H3;3-7,10H,1-2H3;1H3;3*1H4;. The summed E-state index contributed by atoms with van der Waals surface area (Å²) in [5.41, 5.74) is 21.6. The van der Waals surface area contributed by atoms with Crippen LogP contribution in [-0.2, 0) is 0 Å². The summed E-state index contributed by atoms with van der Waals surface area (Å²) in [6.45, 7) is 56.7. The molecule has 20 heteroatoms. The maximum atomic E-state index is 10.8. The van der Waals surface area contributed by atoms with Crippen molar-refractivity contribution in [2.24, 2.45) is 0 Å². The van der Waals surface area contributed by atoms with E-state index in [0.717, 1.165) is 105 Å². The highest BCUT2D eigenvalue weighted by Crippen LogP contribution is 2.36. The predicted octanol–water partition coefficient (Wildman–Crippen LogP) is 39.6. The van der Waals surface area contributed by atoms with Crippen LogP contribution in [0.5, 0.6) is 34.5 Å². The lowest BCUT2D eigenvalue weighted by molar-refractivity contribution is 0.111. The van der Waals surface area contributed by atoms with Gasteiger partial charge in [0.05, 0.1) is 4.47 Å². The minimum atomic E-state index is 0. The van der Waals surface area contributed by atoms with E-state index in [2.05, 4.69) is 395 Å². The Balaban J connectivity index is -0.000000416. The fraction of sp³-hybridized carbons (Fsp3) is 0.398. The molecule has 0 spiro atoms. The average Bonchev–Trinajstić information content (AvgIpc) is 0.814. The lowest BCUT2D eigenvalue weighted by Crippen LogP contribution is -1.96. The molecular formula is C103H140Br11IO8. The normalized spacial score (nSPS) is 10.1. The first-order valence-corrected chi connectivity index (χ1v) is 52.6. The highest BCUT2D eigenvalue weighted by Gasteiger charge is 2.14. The number of hydrogen-bond donors (Lipinski definition) is 6. The number of aryl methyl sites for hydroxylation is 7. The van der Waals surface area contributed by atoms with Gasteiger partial charge in [-0.25, -0.2) is 0 Å². The van der Waals surface area contributed by atoms with Crippen molar-refractivity contribution in [2.75, 3.05) is 4.93 Å². The number of halogens is 12. The van der Waals surface area contributed by atoms with Crippen molar-refractivity contribution < 1.29 is 40.2 Å². The third-order valence-corrected chi connectivity index (χ3v) is 25.4. The molecule has 123 heavy (non-hydrogen) atoms. The summed E-state index contributed by atoms with van der Waals surface area (Å²) in [6, 6.07) is 50.6. The van der Waals surface area contributed by atoms with Crippen LogP contribution in [0.3, 0.4) is 0 Å². The van der Waals surface area contributed by atoms with Gasteiger partial charge < -0.3 is 30.6 Å². The van der Waals surface area contributed by atoms with Crippen LogP contribution in [-0.4, -0.2) is 48.1 Å². The number of benzene rings is 10. The number of carbonyl (C=O) groups excluding carboxylic acids is 2. The topological polar surface area (TPSA) is 156 Å². The van der Waals surface area contributed by atoms with E-state index in [1.54, 1.807) is 48.5 Å². The molecule has 0 aliphatic carbocycles. The van der Waals surface area contributed by atoms with Crippen molar-refractivity contribution in [3.8, 4) is 34.5 Å². The number of hydrogen-bond acceptors (Lipinski definition) is 8. The molecule has 0 aliphatic rings. The molecule has 10 rings (SSSR count). The SMILES string of the molecule is BrBr.C.C.C.CC(C)c1cc(O)ccc1Br.CC(C)c1ccc(Br)c(O)c1.CC(C)c1cccc(O)c1.CI.Cc1cc(C(C)C)c(Br)cc1C=O.Cc1cc(C(C)C)c(Br)cc1O.Cc1cc(C(C)C)c(C=O)cc1Br.Cc1cc(C(C)C)c(O)cc1Br.Cc1cc(C(C)C)c(O)cc1Br.Cc1cc(C(C)C)ccc1Br.Cc1ccc(Br)c(C(C)C)c1. The van der Waals surface area contributed by atoms with Gasteiger partial charge in [-0.3, -0.25) is 9.59 Å². The predicted molar refractivity (Wildman–Crippen MR) is 587 cm³/mol. The molecule has 0 unspecified atom stereocenters. The molecule has 0 amide bonds. The van der Waals surface area contributed by atoms with Crippen LogP contribution >= 0.6 is 194 Å². The zero-order chi connectivity index (χ0) is 93.2. The van der Waals surface area contributed by atoms with E-state index in [0.29, 0.717) is 93.7 Å². The van der Waals surface area contributed by atoms with Crippen LogP contribution in [0.15, 0.2) is 198 Å². The largest absolute Gasteiger partial charge is 0.508 e. The molecule has 684 valence electrons. The Bertz CT molecular complexity index is 4490. The number of phenolic OH excluding ortho intramolecular Hbond substituents is 6. The summed E-state index contributed by atoms with van der Waals surface area (Å²) < 4.78 is 9.16. The van der Waals surface area contributed by atoms with E-state index in [-0.39, 0.29) is 22.3 Å². The van der Waals surface area contributed by atoms with E-state index in [9.17, 15) is 30.0 Å². The quantitative estimate of drug-likeness (QED) is 0.0401. The van der Waals surface area contributed by atoms with Gasteiger partial charge in [-0.05, 0) is 302 Å². The molecule has 0 radical (unpaired) electrons. The highest BCUT2D eigenvalue weighted by molar-refractivity contribution is 14.1. The maximum Gasteiger partial charge on any atom is 0.150 e. The Hall–Kier alpha value is -3.65. The summed E-state index contributed by atoms with van der Waals surface area (Å²) in [5, 5.41) is 56.0. The number of aldehydes is 2. The number of phenols is 6. The maximum absolute atomic E-state index is 10.8. The van der Waals surface area contributed by atoms with Crippen LogP contribution in [0.1, 0.15) is 335 Å². The van der Waals surface area contributed by atoms with Gasteiger partial charge in [0, 0.05) is 75.2 Å². The van der Waals surface area contributed by atoms with Crippen molar-refractivity contribution in [3.05, 3.63) is 304 Å². The summed E-state index contributed by atoms with van der Waals surface area (Å²) in [4.78, 5) is 23.4. The fourth-order valence-electron chi connectivity index (χ4n) is 10.9. The Morgan fingerprint density at radius 3 is 0.902 bits per heavy atom. The van der Waals surface area contributed by atoms with Gasteiger partial charge in [0.25, 0.3) is 0 Å². The Morgan fingerprint density at radius 1 is 0.244 bits per heavy atom. The minimum Gasteiger partial charge on any atom is -0.508 e. The van der Waals surface area contributed by atoms with Gasteiger partial charge >= 0.3 is 0 Å². The molecule has 0 aromatic heterocycles. The molecular weight excluding hydrogens is 2370 g/mol. The van der Waals surface area contributed by atoms with Gasteiger partial charge in [0.15, 0.2) is 0 Å². The molecule has 10 aromatic carbocycles. The average molecular weight is 2510 g/mol. The molecule has 0 saturated carbocycles. The zero-order valence-electron chi connectivity index (χ0n) is 75.0. The monoisotopic (exact) mass is 2500 g/mol. The second-order valence-electron chi connectivity index (χ2n) is 31.8. The molecule has 10 aromatic rings. The zero-order valence-corrected chi connectivity index (χ0v) is 94.6. The Labute approximate surface area is 848 Å². The van der Waals surface area contributed by atoms with Crippen LogP contribution in [0.2, 0.25) is 0 Å². The molecule has 0 fully saturated rings. The van der Waals surface area contributed by atoms with Crippen LogP contribution in [0, 0.1) is 48.5 Å². The Morgan fingerprint density at radius 2 is 0.545 bits per heavy atom. The number of alkyl halides is 1. The highest BCUT2D eigenvalue weighted by atomic mass is 127. The molecule has 0 aliphatic heterocycles. The van der Waals surface area contributed by atoms with Crippen molar-refractivity contribution in [3.63, 3.8) is 0 Å². The molecule has 0 bridgehead atoms. The van der Waals surface area contributed by atoms with Crippen LogP contribution in [0.4, 0.5) is 0 Å². The molecule has 6 N–H and O–H groups in total. The van der Waals surface area contributed by atoms with E-state index in [1.165, 1.54) is 53.5 Å². The number of carbonyl (C=O) groups is 2. The van der Waals surface area contributed by atoms with E-state index >= 15 is 0 Å². The molecule has 0 atom stereocenters. The second kappa shape index (κ2) is 66.7. The first-order valence-electron chi connectivity index (χ1n) is 39.6. The lowest BCUT2D eigenvalue weighted by Gasteiger charge is -2.10. The summed E-state index contributed by atoms with van der Waals surface area (Å²) in [7, 11) is 0. The van der Waals surface area contributed by atoms with Gasteiger partial charge in [-0.1, -0.05) is 389 Å². The van der Waals surface area contributed by atoms with E-state index in [1.807, 2.05) is 100 Å². The van der Waals surface area contributed by atoms with Gasteiger partial charge in [-0.2, -0.15) is 0 Å². The molecule has 0 saturated heterocycles. The van der Waals surface area contributed by atoms with Crippen molar-refractivity contribution >= 4 is 207 Å². The van der Waals surface area contributed by atoms with Crippen molar-refractivity contribution in [2.45, 2.75) is 268 Å². The van der Waals surface area contributed by atoms with Crippen molar-refractivity contribution in [1.29, 1.82) is 0 Å². The van der Waals surface area contributed by atoms with Gasteiger partial charge in [-0.15, -0.1) is 0 Å². The van der Waals surface area contributed by atoms with Crippen molar-refractivity contribution in [1.82, 2.24) is 0 Å². The third kappa shape index (κ3) is 48.2. The first-order chi connectivity index (χ1) is 55.8. The molecule has 0 heterocycles. The summed E-state index contributed by atoms with van der Waals surface area (Å²) in [5.74, 6) is 6.84. The first kappa shape index (κ1) is 128.